The van der Waals surface area contributed by atoms with Crippen molar-refractivity contribution in [3.05, 3.63) is 58.9 Å². The van der Waals surface area contributed by atoms with Crippen LogP contribution < -0.4 is 10.1 Å². The van der Waals surface area contributed by atoms with Gasteiger partial charge in [-0.1, -0.05) is 23.7 Å². The van der Waals surface area contributed by atoms with Crippen LogP contribution in [0.4, 0.5) is 0 Å². The number of H-pyrrole nitrogens is 1. The van der Waals surface area contributed by atoms with E-state index in [1.54, 1.807) is 17.8 Å². The van der Waals surface area contributed by atoms with Crippen LogP contribution >= 0.6 is 23.4 Å². The standard InChI is InChI=1S/C21H22ClN3O2S/c1-28-9-8-18(20-23-16-4-2-3-5-17(16)24-20)25-21(26)14-10-13-11-15(22)6-7-19(13)27-12-14/h2-7,11,14,18H,8-10,12H2,1H3,(H,23,24)(H,25,26)/t14-,18+/m1/s1. The highest BCUT2D eigenvalue weighted by atomic mass is 35.5. The molecular formula is C21H22ClN3O2S. The predicted octanol–water partition coefficient (Wildman–Crippen LogP) is 4.38. The number of benzene rings is 2. The summed E-state index contributed by atoms with van der Waals surface area (Å²) in [6, 6.07) is 13.3. The quantitative estimate of drug-likeness (QED) is 0.627. The van der Waals surface area contributed by atoms with Gasteiger partial charge in [-0.3, -0.25) is 4.79 Å². The predicted molar refractivity (Wildman–Crippen MR) is 114 cm³/mol. The van der Waals surface area contributed by atoms with Crippen molar-refractivity contribution in [1.82, 2.24) is 15.3 Å². The number of nitrogens with zero attached hydrogens (tertiary/aromatic N) is 1. The average Bonchev–Trinajstić information content (AvgIpc) is 3.14. The Kier molecular flexibility index (Phi) is 5.78. The van der Waals surface area contributed by atoms with E-state index in [9.17, 15) is 4.79 Å². The van der Waals surface area contributed by atoms with Gasteiger partial charge in [0.25, 0.3) is 0 Å². The summed E-state index contributed by atoms with van der Waals surface area (Å²) in [4.78, 5) is 21.0. The summed E-state index contributed by atoms with van der Waals surface area (Å²) in [6.45, 7) is 0.371. The molecule has 0 spiro atoms. The third kappa shape index (κ3) is 4.13. The van der Waals surface area contributed by atoms with Gasteiger partial charge in [0.15, 0.2) is 0 Å². The molecule has 0 saturated heterocycles. The van der Waals surface area contributed by atoms with Crippen LogP contribution in [0.2, 0.25) is 5.02 Å². The zero-order valence-corrected chi connectivity index (χ0v) is 17.1. The minimum Gasteiger partial charge on any atom is -0.492 e. The molecule has 2 heterocycles. The molecule has 0 radical (unpaired) electrons. The van der Waals surface area contributed by atoms with Crippen LogP contribution in [0.1, 0.15) is 23.9 Å². The number of rotatable bonds is 6. The second kappa shape index (κ2) is 8.45. The maximum atomic E-state index is 13.0. The molecule has 1 aliphatic heterocycles. The van der Waals surface area contributed by atoms with E-state index in [4.69, 9.17) is 16.3 Å². The van der Waals surface area contributed by atoms with Crippen LogP contribution in [0.3, 0.4) is 0 Å². The number of hydrogen-bond donors (Lipinski definition) is 2. The van der Waals surface area contributed by atoms with Crippen molar-refractivity contribution in [2.45, 2.75) is 18.9 Å². The minimum absolute atomic E-state index is 0.0165. The number of nitrogens with one attached hydrogen (secondary N) is 2. The Morgan fingerprint density at radius 1 is 1.39 bits per heavy atom. The summed E-state index contributed by atoms with van der Waals surface area (Å²) in [5.41, 5.74) is 2.86. The number of halogens is 1. The molecule has 2 aromatic carbocycles. The van der Waals surface area contributed by atoms with E-state index >= 15 is 0 Å². The molecule has 3 aromatic rings. The van der Waals surface area contributed by atoms with Crippen LogP contribution in [-0.4, -0.2) is 34.5 Å². The van der Waals surface area contributed by atoms with E-state index < -0.39 is 0 Å². The van der Waals surface area contributed by atoms with Gasteiger partial charge in [-0.15, -0.1) is 0 Å². The number of carbonyl (C=O) groups is 1. The van der Waals surface area contributed by atoms with E-state index in [1.165, 1.54) is 0 Å². The van der Waals surface area contributed by atoms with Crippen LogP contribution in [0.15, 0.2) is 42.5 Å². The zero-order chi connectivity index (χ0) is 19.5. The van der Waals surface area contributed by atoms with Gasteiger partial charge < -0.3 is 15.0 Å². The molecule has 1 amide bonds. The highest BCUT2D eigenvalue weighted by molar-refractivity contribution is 7.98. The summed E-state index contributed by atoms with van der Waals surface area (Å²) in [6.07, 6.45) is 3.49. The van der Waals surface area contributed by atoms with Crippen molar-refractivity contribution >= 4 is 40.3 Å². The molecule has 0 fully saturated rings. The third-order valence-corrected chi connectivity index (χ3v) is 5.84. The molecule has 146 valence electrons. The summed E-state index contributed by atoms with van der Waals surface area (Å²) in [5, 5.41) is 3.84. The van der Waals surface area contributed by atoms with Gasteiger partial charge in [0.2, 0.25) is 5.91 Å². The Labute approximate surface area is 173 Å². The fourth-order valence-corrected chi connectivity index (χ4v) is 4.14. The number of hydrogen-bond acceptors (Lipinski definition) is 4. The largest absolute Gasteiger partial charge is 0.492 e. The number of amides is 1. The molecule has 1 aliphatic rings. The highest BCUT2D eigenvalue weighted by Gasteiger charge is 2.28. The van der Waals surface area contributed by atoms with E-state index in [0.717, 1.165) is 40.3 Å². The first-order chi connectivity index (χ1) is 13.6. The van der Waals surface area contributed by atoms with Gasteiger partial charge >= 0.3 is 0 Å². The lowest BCUT2D eigenvalue weighted by molar-refractivity contribution is -0.127. The van der Waals surface area contributed by atoms with Gasteiger partial charge in [0.1, 0.15) is 18.2 Å². The lowest BCUT2D eigenvalue weighted by Crippen LogP contribution is -2.39. The molecule has 7 heteroatoms. The molecule has 28 heavy (non-hydrogen) atoms. The van der Waals surface area contributed by atoms with Crippen molar-refractivity contribution in [3.8, 4) is 5.75 Å². The third-order valence-electron chi connectivity index (χ3n) is 4.96. The zero-order valence-electron chi connectivity index (χ0n) is 15.6. The van der Waals surface area contributed by atoms with Crippen LogP contribution in [0.5, 0.6) is 5.75 Å². The first-order valence-corrected chi connectivity index (χ1v) is 11.1. The van der Waals surface area contributed by atoms with Crippen molar-refractivity contribution in [2.75, 3.05) is 18.6 Å². The summed E-state index contributed by atoms with van der Waals surface area (Å²) >= 11 is 7.85. The number of aromatic nitrogens is 2. The monoisotopic (exact) mass is 415 g/mol. The first kappa shape index (κ1) is 19.2. The number of carbonyl (C=O) groups excluding carboxylic acids is 1. The smallest absolute Gasteiger partial charge is 0.227 e. The Balaban J connectivity index is 1.51. The SMILES string of the molecule is CSCC[C@H](NC(=O)[C@H]1COc2ccc(Cl)cc2C1)c1nc2ccccc2[nH]1. The fourth-order valence-electron chi connectivity index (χ4n) is 3.47. The van der Waals surface area contributed by atoms with Crippen molar-refractivity contribution in [3.63, 3.8) is 0 Å². The van der Waals surface area contributed by atoms with Crippen molar-refractivity contribution < 1.29 is 9.53 Å². The lowest BCUT2D eigenvalue weighted by Gasteiger charge is -2.26. The van der Waals surface area contributed by atoms with Crippen LogP contribution in [0, 0.1) is 5.92 Å². The molecule has 2 atom stereocenters. The number of aromatic amines is 1. The molecule has 1 aromatic heterocycles. The number of thioether (sulfide) groups is 1. The van der Waals surface area contributed by atoms with Crippen molar-refractivity contribution in [1.29, 1.82) is 0 Å². The Bertz CT molecular complexity index is 958. The molecule has 0 saturated carbocycles. The van der Waals surface area contributed by atoms with E-state index in [0.29, 0.717) is 18.1 Å². The second-order valence-electron chi connectivity index (χ2n) is 6.95. The van der Waals surface area contributed by atoms with Gasteiger partial charge in [-0.25, -0.2) is 4.98 Å². The van der Waals surface area contributed by atoms with Crippen LogP contribution in [-0.2, 0) is 11.2 Å². The maximum Gasteiger partial charge on any atom is 0.227 e. The maximum absolute atomic E-state index is 13.0. The Morgan fingerprint density at radius 2 is 2.25 bits per heavy atom. The molecule has 4 rings (SSSR count). The van der Waals surface area contributed by atoms with Crippen molar-refractivity contribution in [2.24, 2.45) is 5.92 Å². The molecule has 2 N–H and O–H groups in total. The van der Waals surface area contributed by atoms with Gasteiger partial charge in [-0.2, -0.15) is 11.8 Å². The molecule has 0 unspecified atom stereocenters. The molecule has 0 bridgehead atoms. The van der Waals surface area contributed by atoms with Gasteiger partial charge in [0.05, 0.1) is 23.0 Å². The topological polar surface area (TPSA) is 67.0 Å². The summed E-state index contributed by atoms with van der Waals surface area (Å²) in [5.74, 6) is 2.28. The summed E-state index contributed by atoms with van der Waals surface area (Å²) < 4.78 is 5.78. The lowest BCUT2D eigenvalue weighted by atomic mass is 9.95. The average molecular weight is 416 g/mol. The van der Waals surface area contributed by atoms with E-state index in [1.807, 2.05) is 36.4 Å². The minimum atomic E-state index is -0.243. The summed E-state index contributed by atoms with van der Waals surface area (Å²) in [7, 11) is 0. The van der Waals surface area contributed by atoms with E-state index in [2.05, 4.69) is 21.5 Å². The molecule has 5 nitrogen and oxygen atoms in total. The van der Waals surface area contributed by atoms with E-state index in [-0.39, 0.29) is 17.9 Å². The number of para-hydroxylation sites is 2. The normalized spacial score (nSPS) is 17.0. The Hall–Kier alpha value is -2.18. The number of imidazole rings is 1. The van der Waals surface area contributed by atoms with Gasteiger partial charge in [-0.05, 0) is 60.7 Å². The first-order valence-electron chi connectivity index (χ1n) is 9.29. The fraction of sp³-hybridized carbons (Fsp3) is 0.333. The Morgan fingerprint density at radius 3 is 3.07 bits per heavy atom. The molecule has 0 aliphatic carbocycles. The highest BCUT2D eigenvalue weighted by Crippen LogP contribution is 2.30. The second-order valence-corrected chi connectivity index (χ2v) is 8.37. The van der Waals surface area contributed by atoms with Crippen LogP contribution in [0.25, 0.3) is 11.0 Å². The number of fused-ring (bicyclic) bond motifs is 2. The number of ether oxygens (including phenoxy) is 1. The van der Waals surface area contributed by atoms with Gasteiger partial charge in [0, 0.05) is 5.02 Å². The molecular weight excluding hydrogens is 394 g/mol.